The Bertz CT molecular complexity index is 840. The summed E-state index contributed by atoms with van der Waals surface area (Å²) in [6, 6.07) is 11.8. The average molecular weight is 437 g/mol. The minimum atomic E-state index is -0.589. The second kappa shape index (κ2) is 11.1. The molecule has 0 heterocycles. The van der Waals surface area contributed by atoms with Crippen molar-refractivity contribution in [3.63, 3.8) is 0 Å². The molecular formula is C22H26Cl2N2O3. The van der Waals surface area contributed by atoms with Gasteiger partial charge in [-0.05, 0) is 61.7 Å². The summed E-state index contributed by atoms with van der Waals surface area (Å²) in [6.45, 7) is 6.21. The van der Waals surface area contributed by atoms with E-state index in [0.717, 1.165) is 11.1 Å². The Kier molecular flexibility index (Phi) is 8.80. The number of aryl methyl sites for hydroxylation is 1. The molecule has 2 rings (SSSR count). The number of halogens is 2. The summed E-state index contributed by atoms with van der Waals surface area (Å²) in [5.74, 6) is 0.100. The largest absolute Gasteiger partial charge is 0.484 e. The van der Waals surface area contributed by atoms with Crippen LogP contribution in [-0.4, -0.2) is 35.9 Å². The molecule has 0 aliphatic carbocycles. The minimum absolute atomic E-state index is 0.176. The summed E-state index contributed by atoms with van der Waals surface area (Å²) in [7, 11) is 0. The summed E-state index contributed by atoms with van der Waals surface area (Å²) >= 11 is 12.0. The lowest BCUT2D eigenvalue weighted by molar-refractivity contribution is -0.142. The lowest BCUT2D eigenvalue weighted by atomic mass is 10.1. The van der Waals surface area contributed by atoms with Gasteiger partial charge in [0.2, 0.25) is 5.91 Å². The molecule has 0 bridgehead atoms. The highest BCUT2D eigenvalue weighted by atomic mass is 35.5. The summed E-state index contributed by atoms with van der Waals surface area (Å²) in [6.07, 6.45) is 0.491. The summed E-state index contributed by atoms with van der Waals surface area (Å²) in [5.41, 5.74) is 1.75. The van der Waals surface area contributed by atoms with E-state index >= 15 is 0 Å². The van der Waals surface area contributed by atoms with Crippen molar-refractivity contribution >= 4 is 35.0 Å². The van der Waals surface area contributed by atoms with Crippen LogP contribution in [0.3, 0.4) is 0 Å². The first kappa shape index (κ1) is 23.0. The van der Waals surface area contributed by atoms with Gasteiger partial charge in [0.15, 0.2) is 6.61 Å². The highest BCUT2D eigenvalue weighted by molar-refractivity contribution is 6.31. The number of nitrogens with zero attached hydrogens (tertiary/aromatic N) is 1. The average Bonchev–Trinajstić information content (AvgIpc) is 2.70. The second-order valence-electron chi connectivity index (χ2n) is 6.67. The molecule has 0 fully saturated rings. The van der Waals surface area contributed by atoms with E-state index in [1.807, 2.05) is 32.9 Å². The third kappa shape index (κ3) is 6.65. The molecular weight excluding hydrogens is 411 g/mol. The second-order valence-corrected chi connectivity index (χ2v) is 7.51. The normalized spacial score (nSPS) is 11.6. The van der Waals surface area contributed by atoms with Crippen molar-refractivity contribution in [1.82, 2.24) is 10.2 Å². The molecule has 0 aromatic heterocycles. The van der Waals surface area contributed by atoms with Crippen LogP contribution in [0.4, 0.5) is 0 Å². The van der Waals surface area contributed by atoms with E-state index in [4.69, 9.17) is 27.9 Å². The van der Waals surface area contributed by atoms with Crippen LogP contribution in [0, 0.1) is 6.92 Å². The van der Waals surface area contributed by atoms with Crippen LogP contribution in [0.25, 0.3) is 0 Å². The zero-order valence-corrected chi connectivity index (χ0v) is 18.4. The third-order valence-corrected chi connectivity index (χ3v) is 5.17. The molecule has 156 valence electrons. The predicted molar refractivity (Wildman–Crippen MR) is 116 cm³/mol. The number of amides is 2. The molecule has 0 aliphatic heterocycles. The Morgan fingerprint density at radius 3 is 2.38 bits per heavy atom. The van der Waals surface area contributed by atoms with Crippen molar-refractivity contribution in [2.24, 2.45) is 0 Å². The number of likely N-dealkylation sites (N-methyl/N-ethyl adjacent to an activating group) is 1. The number of carbonyl (C=O) groups excluding carboxylic acids is 2. The molecule has 29 heavy (non-hydrogen) atoms. The van der Waals surface area contributed by atoms with Gasteiger partial charge in [-0.3, -0.25) is 9.59 Å². The smallest absolute Gasteiger partial charge is 0.261 e. The maximum atomic E-state index is 13.0. The highest BCUT2D eigenvalue weighted by Crippen LogP contribution is 2.21. The quantitative estimate of drug-likeness (QED) is 0.623. The number of rotatable bonds is 9. The summed E-state index contributed by atoms with van der Waals surface area (Å²) < 4.78 is 5.67. The van der Waals surface area contributed by atoms with Gasteiger partial charge in [0.1, 0.15) is 11.8 Å². The van der Waals surface area contributed by atoms with Crippen LogP contribution >= 0.6 is 23.2 Å². The lowest BCUT2D eigenvalue weighted by Crippen LogP contribution is -2.50. The Labute approximate surface area is 181 Å². The Morgan fingerprint density at radius 1 is 1.10 bits per heavy atom. The Morgan fingerprint density at radius 2 is 1.79 bits per heavy atom. The van der Waals surface area contributed by atoms with E-state index in [9.17, 15) is 9.59 Å². The lowest BCUT2D eigenvalue weighted by Gasteiger charge is -2.30. The molecule has 0 saturated heterocycles. The predicted octanol–water partition coefficient (Wildman–Crippen LogP) is 4.62. The highest BCUT2D eigenvalue weighted by Gasteiger charge is 2.28. The molecule has 7 heteroatoms. The van der Waals surface area contributed by atoms with E-state index in [1.165, 1.54) is 0 Å². The topological polar surface area (TPSA) is 58.6 Å². The van der Waals surface area contributed by atoms with E-state index in [2.05, 4.69) is 5.32 Å². The fourth-order valence-corrected chi connectivity index (χ4v) is 3.18. The van der Waals surface area contributed by atoms with Crippen LogP contribution < -0.4 is 10.1 Å². The minimum Gasteiger partial charge on any atom is -0.484 e. The number of benzene rings is 2. The zero-order chi connectivity index (χ0) is 21.4. The number of nitrogens with one attached hydrogen (secondary N) is 1. The van der Waals surface area contributed by atoms with E-state index < -0.39 is 6.04 Å². The van der Waals surface area contributed by atoms with Crippen molar-refractivity contribution in [1.29, 1.82) is 0 Å². The molecule has 0 saturated carbocycles. The SMILES string of the molecule is CCNC(=O)[C@H](CC)N(Cc1ccc(Cl)cc1)C(=O)COc1ccc(Cl)c(C)c1. The van der Waals surface area contributed by atoms with Crippen LogP contribution in [0.2, 0.25) is 10.0 Å². The van der Waals surface area contributed by atoms with Gasteiger partial charge in [0.05, 0.1) is 0 Å². The molecule has 0 radical (unpaired) electrons. The Hall–Kier alpha value is -2.24. The molecule has 0 aliphatic rings. The molecule has 2 aromatic rings. The van der Waals surface area contributed by atoms with Gasteiger partial charge in [-0.1, -0.05) is 42.3 Å². The van der Waals surface area contributed by atoms with Crippen LogP contribution in [0.15, 0.2) is 42.5 Å². The first-order valence-corrected chi connectivity index (χ1v) is 10.3. The van der Waals surface area contributed by atoms with Gasteiger partial charge in [0.25, 0.3) is 5.91 Å². The fraction of sp³-hybridized carbons (Fsp3) is 0.364. The molecule has 1 N–H and O–H groups in total. The number of carbonyl (C=O) groups is 2. The van der Waals surface area contributed by atoms with Crippen molar-refractivity contribution in [3.05, 3.63) is 63.6 Å². The van der Waals surface area contributed by atoms with Gasteiger partial charge in [0, 0.05) is 23.1 Å². The molecule has 2 amide bonds. The monoisotopic (exact) mass is 436 g/mol. The Balaban J connectivity index is 2.19. The van der Waals surface area contributed by atoms with Gasteiger partial charge < -0.3 is 15.0 Å². The van der Waals surface area contributed by atoms with Crippen LogP contribution in [0.5, 0.6) is 5.75 Å². The number of hydrogen-bond acceptors (Lipinski definition) is 3. The van der Waals surface area contributed by atoms with Gasteiger partial charge in [-0.25, -0.2) is 0 Å². The first-order valence-electron chi connectivity index (χ1n) is 9.56. The van der Waals surface area contributed by atoms with E-state index in [-0.39, 0.29) is 25.0 Å². The number of hydrogen-bond donors (Lipinski definition) is 1. The molecule has 0 spiro atoms. The van der Waals surface area contributed by atoms with Crippen LogP contribution in [-0.2, 0) is 16.1 Å². The fourth-order valence-electron chi connectivity index (χ4n) is 2.93. The third-order valence-electron chi connectivity index (χ3n) is 4.49. The molecule has 1 atom stereocenters. The first-order chi connectivity index (χ1) is 13.8. The van der Waals surface area contributed by atoms with Crippen molar-refractivity contribution in [2.45, 2.75) is 39.8 Å². The van der Waals surface area contributed by atoms with Crippen molar-refractivity contribution < 1.29 is 14.3 Å². The maximum absolute atomic E-state index is 13.0. The van der Waals surface area contributed by atoms with Gasteiger partial charge in [-0.2, -0.15) is 0 Å². The maximum Gasteiger partial charge on any atom is 0.261 e. The molecule has 2 aromatic carbocycles. The summed E-state index contributed by atoms with van der Waals surface area (Å²) in [5, 5.41) is 4.05. The summed E-state index contributed by atoms with van der Waals surface area (Å²) in [4.78, 5) is 27.1. The van der Waals surface area contributed by atoms with E-state index in [0.29, 0.717) is 28.8 Å². The zero-order valence-electron chi connectivity index (χ0n) is 16.9. The van der Waals surface area contributed by atoms with Crippen LogP contribution in [0.1, 0.15) is 31.4 Å². The molecule has 0 unspecified atom stereocenters. The van der Waals surface area contributed by atoms with Crippen molar-refractivity contribution in [2.75, 3.05) is 13.2 Å². The van der Waals surface area contributed by atoms with Gasteiger partial charge in [-0.15, -0.1) is 0 Å². The van der Waals surface area contributed by atoms with Crippen molar-refractivity contribution in [3.8, 4) is 5.75 Å². The molecule has 5 nitrogen and oxygen atoms in total. The van der Waals surface area contributed by atoms with Gasteiger partial charge >= 0.3 is 0 Å². The standard InChI is InChI=1S/C22H26Cl2N2O3/c1-4-20(22(28)25-5-2)26(13-16-6-8-17(23)9-7-16)21(27)14-29-18-10-11-19(24)15(3)12-18/h6-12,20H,4-5,13-14H2,1-3H3,(H,25,28)/t20-/m0/s1. The number of ether oxygens (including phenoxy) is 1. The van der Waals surface area contributed by atoms with E-state index in [1.54, 1.807) is 35.2 Å².